The highest BCUT2D eigenvalue weighted by Gasteiger charge is 2.21. The first-order valence-electron chi connectivity index (χ1n) is 9.33. The van der Waals surface area contributed by atoms with Crippen LogP contribution in [0.4, 0.5) is 5.69 Å². The molecule has 1 amide bonds. The maximum atomic E-state index is 13.0. The fraction of sp³-hybridized carbons (Fsp3) is 0.136. The predicted octanol–water partition coefficient (Wildman–Crippen LogP) is 4.27. The van der Waals surface area contributed by atoms with Crippen molar-refractivity contribution in [3.8, 4) is 11.1 Å². The molecule has 0 saturated heterocycles. The number of rotatable bonds is 5. The molecule has 0 bridgehead atoms. The Balaban J connectivity index is 1.62. The fourth-order valence-electron chi connectivity index (χ4n) is 3.06. The number of benzene rings is 2. The highest BCUT2D eigenvalue weighted by atomic mass is 32.2. The summed E-state index contributed by atoms with van der Waals surface area (Å²) in [6.45, 7) is 3.69. The van der Waals surface area contributed by atoms with E-state index in [0.717, 1.165) is 38.8 Å². The summed E-state index contributed by atoms with van der Waals surface area (Å²) in [6, 6.07) is 17.2. The van der Waals surface area contributed by atoms with Gasteiger partial charge in [0.1, 0.15) is 4.83 Å². The fourth-order valence-corrected chi connectivity index (χ4v) is 4.88. The molecular formula is C22H20N4O2S2. The summed E-state index contributed by atoms with van der Waals surface area (Å²) >= 11 is 2.55. The second-order valence-electron chi connectivity index (χ2n) is 6.83. The van der Waals surface area contributed by atoms with Gasteiger partial charge in [0.25, 0.3) is 5.56 Å². The zero-order valence-electron chi connectivity index (χ0n) is 16.5. The van der Waals surface area contributed by atoms with Crippen LogP contribution in [0, 0.1) is 6.92 Å². The van der Waals surface area contributed by atoms with Crippen LogP contribution in [0.2, 0.25) is 0 Å². The predicted molar refractivity (Wildman–Crippen MR) is 125 cm³/mol. The van der Waals surface area contributed by atoms with Crippen LogP contribution in [0.25, 0.3) is 21.3 Å². The first-order valence-corrected chi connectivity index (χ1v) is 11.1. The number of hydrogen-bond donors (Lipinski definition) is 2. The van der Waals surface area contributed by atoms with Gasteiger partial charge in [-0.3, -0.25) is 9.59 Å². The molecule has 0 spiro atoms. The topological polar surface area (TPSA) is 90.0 Å². The summed E-state index contributed by atoms with van der Waals surface area (Å²) < 4.78 is 1.03. The molecule has 2 aromatic heterocycles. The maximum Gasteiger partial charge on any atom is 0.282 e. The minimum Gasteiger partial charge on any atom is -0.334 e. The van der Waals surface area contributed by atoms with E-state index in [1.807, 2.05) is 66.9 Å². The van der Waals surface area contributed by atoms with E-state index in [2.05, 4.69) is 10.3 Å². The zero-order valence-corrected chi connectivity index (χ0v) is 18.1. The lowest BCUT2D eigenvalue weighted by Crippen LogP contribution is -2.31. The Morgan fingerprint density at radius 2 is 1.87 bits per heavy atom. The third-order valence-electron chi connectivity index (χ3n) is 4.75. The van der Waals surface area contributed by atoms with Crippen LogP contribution in [0.15, 0.2) is 69.9 Å². The molecule has 152 valence electrons. The van der Waals surface area contributed by atoms with E-state index in [4.69, 9.17) is 5.84 Å². The molecule has 1 unspecified atom stereocenters. The van der Waals surface area contributed by atoms with Gasteiger partial charge < -0.3 is 11.2 Å². The summed E-state index contributed by atoms with van der Waals surface area (Å²) in [7, 11) is 0. The number of carbonyl (C=O) groups excluding carboxylic acids is 1. The van der Waals surface area contributed by atoms with Gasteiger partial charge in [0.2, 0.25) is 5.91 Å². The Morgan fingerprint density at radius 1 is 1.17 bits per heavy atom. The summed E-state index contributed by atoms with van der Waals surface area (Å²) in [5.74, 6) is 5.89. The maximum absolute atomic E-state index is 13.0. The number of aromatic nitrogens is 2. The molecule has 4 aromatic rings. The Labute approximate surface area is 181 Å². The molecule has 0 aliphatic heterocycles. The van der Waals surface area contributed by atoms with Gasteiger partial charge >= 0.3 is 0 Å². The van der Waals surface area contributed by atoms with Gasteiger partial charge in [0, 0.05) is 16.6 Å². The first-order chi connectivity index (χ1) is 14.5. The smallest absolute Gasteiger partial charge is 0.282 e. The molecule has 30 heavy (non-hydrogen) atoms. The number of nitrogens with one attached hydrogen (secondary N) is 1. The van der Waals surface area contributed by atoms with Crippen LogP contribution in [-0.4, -0.2) is 20.8 Å². The quantitative estimate of drug-likeness (QED) is 0.277. The number of para-hydroxylation sites is 1. The van der Waals surface area contributed by atoms with E-state index >= 15 is 0 Å². The van der Waals surface area contributed by atoms with Crippen molar-refractivity contribution in [2.24, 2.45) is 0 Å². The van der Waals surface area contributed by atoms with Gasteiger partial charge in [0.05, 0.1) is 10.6 Å². The Hall–Kier alpha value is -3.10. The van der Waals surface area contributed by atoms with E-state index in [1.54, 1.807) is 6.92 Å². The number of thiophene rings is 1. The van der Waals surface area contributed by atoms with Crippen molar-refractivity contribution in [1.82, 2.24) is 9.66 Å². The summed E-state index contributed by atoms with van der Waals surface area (Å²) in [5, 5.41) is 5.14. The molecule has 0 aliphatic rings. The number of nitrogens with two attached hydrogens (primary N) is 1. The number of hydrogen-bond acceptors (Lipinski definition) is 6. The standard InChI is InChI=1S/C22H20N4O2S2/c1-13-8-6-7-11-17(13)24-19(27)14(2)30-22-25-20-18(21(28)26(22)23)16(12-29-20)15-9-4-3-5-10-15/h3-12,14H,23H2,1-2H3,(H,24,27). The number of nitrogen functional groups attached to an aromatic ring is 1. The van der Waals surface area contributed by atoms with Gasteiger partial charge in [-0.05, 0) is 31.0 Å². The van der Waals surface area contributed by atoms with Gasteiger partial charge in [-0.2, -0.15) is 0 Å². The molecule has 0 fully saturated rings. The van der Waals surface area contributed by atoms with Gasteiger partial charge in [-0.25, -0.2) is 9.66 Å². The lowest BCUT2D eigenvalue weighted by molar-refractivity contribution is -0.115. The summed E-state index contributed by atoms with van der Waals surface area (Å²) in [4.78, 5) is 30.8. The van der Waals surface area contributed by atoms with Crippen LogP contribution in [-0.2, 0) is 4.79 Å². The molecule has 3 N–H and O–H groups in total. The average molecular weight is 437 g/mol. The monoisotopic (exact) mass is 436 g/mol. The van der Waals surface area contributed by atoms with Crippen molar-refractivity contribution in [3.63, 3.8) is 0 Å². The largest absolute Gasteiger partial charge is 0.334 e. The Morgan fingerprint density at radius 3 is 2.60 bits per heavy atom. The number of anilines is 1. The van der Waals surface area contributed by atoms with Crippen LogP contribution in [0.3, 0.4) is 0 Å². The third kappa shape index (κ3) is 3.83. The molecule has 6 nitrogen and oxygen atoms in total. The number of fused-ring (bicyclic) bond motifs is 1. The molecule has 4 rings (SSSR count). The Kier molecular flexibility index (Phi) is 5.61. The highest BCUT2D eigenvalue weighted by Crippen LogP contribution is 2.32. The molecular weight excluding hydrogens is 416 g/mol. The molecule has 0 radical (unpaired) electrons. The van der Waals surface area contributed by atoms with Crippen LogP contribution in [0.5, 0.6) is 0 Å². The van der Waals surface area contributed by atoms with Gasteiger partial charge in [0.15, 0.2) is 5.16 Å². The van der Waals surface area contributed by atoms with Crippen molar-refractivity contribution in [2.45, 2.75) is 24.3 Å². The van der Waals surface area contributed by atoms with Crippen LogP contribution < -0.4 is 16.7 Å². The lowest BCUT2D eigenvalue weighted by atomic mass is 10.1. The van der Waals surface area contributed by atoms with E-state index in [0.29, 0.717) is 15.4 Å². The molecule has 0 aliphatic carbocycles. The van der Waals surface area contributed by atoms with Crippen molar-refractivity contribution >= 4 is 44.9 Å². The van der Waals surface area contributed by atoms with Crippen LogP contribution in [0.1, 0.15) is 12.5 Å². The number of thioether (sulfide) groups is 1. The molecule has 0 saturated carbocycles. The summed E-state index contributed by atoms with van der Waals surface area (Å²) in [5.41, 5.74) is 3.16. The van der Waals surface area contributed by atoms with Gasteiger partial charge in [-0.1, -0.05) is 60.3 Å². The molecule has 2 aromatic carbocycles. The number of aryl methyl sites for hydroxylation is 1. The minimum atomic E-state index is -0.489. The lowest BCUT2D eigenvalue weighted by Gasteiger charge is -2.14. The highest BCUT2D eigenvalue weighted by molar-refractivity contribution is 8.00. The number of amides is 1. The Bertz CT molecular complexity index is 1280. The zero-order chi connectivity index (χ0) is 21.3. The van der Waals surface area contributed by atoms with Gasteiger partial charge in [-0.15, -0.1) is 11.3 Å². The summed E-state index contributed by atoms with van der Waals surface area (Å²) in [6.07, 6.45) is 0. The minimum absolute atomic E-state index is 0.181. The third-order valence-corrected chi connectivity index (χ3v) is 6.69. The molecule has 1 atom stereocenters. The molecule has 2 heterocycles. The SMILES string of the molecule is Cc1ccccc1NC(=O)C(C)Sc1nc2scc(-c3ccccc3)c2c(=O)n1N. The second-order valence-corrected chi connectivity index (χ2v) is 9.00. The van der Waals surface area contributed by atoms with Crippen molar-refractivity contribution < 1.29 is 4.79 Å². The van der Waals surface area contributed by atoms with Crippen LogP contribution >= 0.6 is 23.1 Å². The second kappa shape index (κ2) is 8.33. The van der Waals surface area contributed by atoms with Crippen molar-refractivity contribution in [1.29, 1.82) is 0 Å². The molecule has 8 heteroatoms. The van der Waals surface area contributed by atoms with E-state index < -0.39 is 5.25 Å². The normalized spacial score (nSPS) is 12.1. The number of nitrogens with zero attached hydrogens (tertiary/aromatic N) is 2. The number of carbonyl (C=O) groups is 1. The van der Waals surface area contributed by atoms with E-state index in [-0.39, 0.29) is 11.5 Å². The van der Waals surface area contributed by atoms with Crippen molar-refractivity contribution in [2.75, 3.05) is 11.2 Å². The van der Waals surface area contributed by atoms with Crippen molar-refractivity contribution in [3.05, 3.63) is 75.9 Å². The van der Waals surface area contributed by atoms with E-state index in [9.17, 15) is 9.59 Å². The first kappa shape index (κ1) is 20.2. The van der Waals surface area contributed by atoms with E-state index in [1.165, 1.54) is 11.3 Å². The average Bonchev–Trinajstić information content (AvgIpc) is 3.18.